The van der Waals surface area contributed by atoms with Crippen LogP contribution in [0.1, 0.15) is 13.8 Å². The smallest absolute Gasteiger partial charge is 0.655 e. The molecule has 0 saturated carbocycles. The fourth-order valence-electron chi connectivity index (χ4n) is 4.02. The molecular formula is C30H34N3OsP2+2. The summed E-state index contributed by atoms with van der Waals surface area (Å²) < 4.78 is 0. The maximum absolute atomic E-state index is 4.86. The van der Waals surface area contributed by atoms with E-state index in [1.54, 1.807) is 10.6 Å². The molecule has 6 heteroatoms. The molecule has 0 aliphatic rings. The second-order valence-electron chi connectivity index (χ2n) is 9.26. The molecule has 3 nitrogen and oxygen atoms in total. The summed E-state index contributed by atoms with van der Waals surface area (Å²) in [5, 5.41) is 14.4. The van der Waals surface area contributed by atoms with E-state index in [1.807, 2.05) is 54.6 Å². The molecule has 2 heterocycles. The zero-order valence-corrected chi connectivity index (χ0v) is 26.3. The monoisotopic (exact) mass is 690 g/mol. The van der Waals surface area contributed by atoms with Crippen molar-refractivity contribution in [3.05, 3.63) is 95.6 Å². The molecule has 5 rings (SSSR count). The standard InChI is InChI=1S/C22H14N3.C8H18P2.Os/c1-2-8-15(9-3-1)21-17-11-5-7-13-19(17)23-22(21)20-14-16-10-4-6-12-18(16)24-25-20;1-7(9(3)4)8(2)10(5)6;/h1-14H;1-6H3;/q-1;;+1/p+2. The Bertz CT molecular complexity index is 1460. The number of rotatable bonds is 4. The molecule has 0 aliphatic carbocycles. The second kappa shape index (κ2) is 12.8. The Labute approximate surface area is 230 Å². The molecule has 0 amide bonds. The largest absolute Gasteiger partial charge is 1.00 e. The third-order valence-electron chi connectivity index (χ3n) is 6.50. The van der Waals surface area contributed by atoms with Crippen LogP contribution >= 0.6 is 15.8 Å². The summed E-state index contributed by atoms with van der Waals surface area (Å²) in [5.74, 6) is 0. The molecule has 0 unspecified atom stereocenters. The maximum Gasteiger partial charge on any atom is 1.00 e. The van der Waals surface area contributed by atoms with E-state index in [2.05, 4.69) is 81.0 Å². The first-order valence-electron chi connectivity index (χ1n) is 12.0. The van der Waals surface area contributed by atoms with E-state index in [1.165, 1.54) is 0 Å². The number of hydrogen-bond acceptors (Lipinski definition) is 2. The Hall–Kier alpha value is -2.22. The normalized spacial score (nSPS) is 11.8. The first-order valence-corrected chi connectivity index (χ1v) is 17.0. The average molecular weight is 689 g/mol. The predicted octanol–water partition coefficient (Wildman–Crippen LogP) is 8.26. The quantitative estimate of drug-likeness (QED) is 0.179. The van der Waals surface area contributed by atoms with Crippen molar-refractivity contribution in [2.45, 2.75) is 13.8 Å². The Morgan fingerprint density at radius 1 is 0.694 bits per heavy atom. The molecule has 1 radical (unpaired) electrons. The zero-order chi connectivity index (χ0) is 24.9. The van der Waals surface area contributed by atoms with Gasteiger partial charge < -0.3 is 4.98 Å². The van der Waals surface area contributed by atoms with Crippen molar-refractivity contribution < 1.29 is 19.8 Å². The Balaban J connectivity index is 0.000000283. The van der Waals surface area contributed by atoms with Gasteiger partial charge in [0, 0.05) is 21.2 Å². The van der Waals surface area contributed by atoms with Crippen molar-refractivity contribution in [2.24, 2.45) is 0 Å². The van der Waals surface area contributed by atoms with Crippen molar-refractivity contribution in [3.63, 3.8) is 0 Å². The minimum Gasteiger partial charge on any atom is -0.655 e. The molecule has 36 heavy (non-hydrogen) atoms. The van der Waals surface area contributed by atoms with Crippen molar-refractivity contribution in [1.29, 1.82) is 0 Å². The maximum atomic E-state index is 4.86. The third kappa shape index (κ3) is 6.36. The number of hydrogen-bond donors (Lipinski definition) is 0. The van der Waals surface area contributed by atoms with Crippen LogP contribution < -0.4 is 4.98 Å². The van der Waals surface area contributed by atoms with Crippen molar-refractivity contribution >= 4 is 37.6 Å². The van der Waals surface area contributed by atoms with Crippen LogP contribution in [0.15, 0.2) is 95.6 Å². The Kier molecular flexibility index (Phi) is 10.1. The van der Waals surface area contributed by atoms with Crippen molar-refractivity contribution in [3.8, 4) is 22.5 Å². The summed E-state index contributed by atoms with van der Waals surface area (Å²) in [5.41, 5.74) is 5.80. The summed E-state index contributed by atoms with van der Waals surface area (Å²) in [6.07, 6.45) is 0. The van der Waals surface area contributed by atoms with Crippen LogP contribution in [0.2, 0.25) is 0 Å². The number of aromatic nitrogens is 3. The van der Waals surface area contributed by atoms with Crippen LogP contribution in [0.5, 0.6) is 0 Å². The van der Waals surface area contributed by atoms with Crippen molar-refractivity contribution in [1.82, 2.24) is 15.2 Å². The van der Waals surface area contributed by atoms with Gasteiger partial charge in [0.15, 0.2) is 0 Å². The third-order valence-corrected chi connectivity index (χ3v) is 10.5. The molecule has 0 bridgehead atoms. The minimum absolute atomic E-state index is 0. The van der Waals surface area contributed by atoms with Gasteiger partial charge >= 0.3 is 19.8 Å². The predicted molar refractivity (Wildman–Crippen MR) is 160 cm³/mol. The van der Waals surface area contributed by atoms with E-state index in [0.717, 1.165) is 44.3 Å². The van der Waals surface area contributed by atoms with Crippen LogP contribution in [-0.2, 0) is 19.8 Å². The number of nitrogens with zero attached hydrogens (tertiary/aromatic N) is 3. The first-order chi connectivity index (χ1) is 16.9. The van der Waals surface area contributed by atoms with Gasteiger partial charge in [0.1, 0.15) is 10.6 Å². The van der Waals surface area contributed by atoms with Crippen LogP contribution in [0.25, 0.3) is 44.3 Å². The molecule has 0 N–H and O–H groups in total. The fourth-order valence-corrected chi connectivity index (χ4v) is 7.02. The van der Waals surface area contributed by atoms with Crippen LogP contribution in [0, 0.1) is 0 Å². The molecule has 3 aromatic carbocycles. The van der Waals surface area contributed by atoms with Crippen LogP contribution in [0.4, 0.5) is 0 Å². The van der Waals surface area contributed by atoms with Gasteiger partial charge in [-0.2, -0.15) is 5.10 Å². The summed E-state index contributed by atoms with van der Waals surface area (Å²) in [4.78, 5) is 4.86. The van der Waals surface area contributed by atoms with E-state index in [0.29, 0.717) is 0 Å². The van der Waals surface area contributed by atoms with E-state index < -0.39 is 0 Å². The SMILES string of the molecule is CC(=C(C)[PH+](C)C)[PH+](C)C.[Os+].c1ccc(-c2c(-c3cc4ccccc4nn3)[n-]c3ccccc23)cc1. The molecular weight excluding hydrogens is 655 g/mol. The zero-order valence-electron chi connectivity index (χ0n) is 21.8. The number of allylic oxidation sites excluding steroid dienone is 2. The molecule has 2 aromatic heterocycles. The molecule has 0 atom stereocenters. The number of benzene rings is 3. The van der Waals surface area contributed by atoms with E-state index >= 15 is 0 Å². The number of para-hydroxylation sites is 1. The van der Waals surface area contributed by atoms with Crippen LogP contribution in [0.3, 0.4) is 0 Å². The summed E-state index contributed by atoms with van der Waals surface area (Å²) in [6, 6.07) is 28.6. The topological polar surface area (TPSA) is 39.9 Å². The molecule has 185 valence electrons. The molecule has 0 saturated heterocycles. The number of fused-ring (bicyclic) bond motifs is 2. The van der Waals surface area contributed by atoms with Gasteiger partial charge in [0.25, 0.3) is 0 Å². The molecule has 0 spiro atoms. The summed E-state index contributed by atoms with van der Waals surface area (Å²) >= 11 is 0. The Morgan fingerprint density at radius 3 is 1.94 bits per heavy atom. The summed E-state index contributed by atoms with van der Waals surface area (Å²) in [6.45, 7) is 14.1. The van der Waals surface area contributed by atoms with Crippen molar-refractivity contribution in [2.75, 3.05) is 26.7 Å². The van der Waals surface area contributed by atoms with Gasteiger partial charge in [0.2, 0.25) is 0 Å². The fraction of sp³-hybridized carbons (Fsp3) is 0.200. The van der Waals surface area contributed by atoms with Gasteiger partial charge in [0.05, 0.1) is 37.9 Å². The minimum atomic E-state index is -0.151. The van der Waals surface area contributed by atoms with Gasteiger partial charge in [-0.15, -0.1) is 10.6 Å². The summed E-state index contributed by atoms with van der Waals surface area (Å²) in [7, 11) is -0.302. The van der Waals surface area contributed by atoms with E-state index in [4.69, 9.17) is 4.98 Å². The Morgan fingerprint density at radius 2 is 1.28 bits per heavy atom. The van der Waals surface area contributed by atoms with E-state index in [9.17, 15) is 0 Å². The second-order valence-corrected chi connectivity index (χ2v) is 14.8. The van der Waals surface area contributed by atoms with Gasteiger partial charge in [-0.05, 0) is 42.5 Å². The van der Waals surface area contributed by atoms with E-state index in [-0.39, 0.29) is 35.6 Å². The van der Waals surface area contributed by atoms with Crippen LogP contribution in [-0.4, -0.2) is 36.9 Å². The molecule has 5 aromatic rings. The van der Waals surface area contributed by atoms with Gasteiger partial charge in [-0.1, -0.05) is 78.5 Å². The molecule has 0 aliphatic heterocycles. The average Bonchev–Trinajstić information content (AvgIpc) is 3.28. The first kappa shape index (κ1) is 28.3. The van der Waals surface area contributed by atoms with Gasteiger partial charge in [-0.3, -0.25) is 0 Å². The molecule has 0 fully saturated rings. The van der Waals surface area contributed by atoms with Gasteiger partial charge in [-0.25, -0.2) is 0 Å².